The van der Waals surface area contributed by atoms with Crippen LogP contribution in [0.25, 0.3) is 11.6 Å². The third-order valence-electron chi connectivity index (χ3n) is 2.50. The van der Waals surface area contributed by atoms with Gasteiger partial charge >= 0.3 is 0 Å². The Balaban J connectivity index is 2.27. The molecule has 7 heteroatoms. The minimum Gasteiger partial charge on any atom is -0.379 e. The third kappa shape index (κ3) is 3.17. The SMILES string of the molecule is CCOCC(C)(N)c1noc(-c2ncccc2Br)n1. The number of hydrogen-bond acceptors (Lipinski definition) is 6. The van der Waals surface area contributed by atoms with Crippen LogP contribution in [0.2, 0.25) is 0 Å². The number of halogens is 1. The fourth-order valence-electron chi connectivity index (χ4n) is 1.47. The molecule has 1 atom stereocenters. The van der Waals surface area contributed by atoms with Crippen LogP contribution in [-0.2, 0) is 10.3 Å². The first-order valence-corrected chi connectivity index (χ1v) is 6.65. The summed E-state index contributed by atoms with van der Waals surface area (Å²) < 4.78 is 11.3. The van der Waals surface area contributed by atoms with E-state index in [1.54, 1.807) is 13.1 Å². The Morgan fingerprint density at radius 1 is 1.53 bits per heavy atom. The Bertz CT molecular complexity index is 556. The first-order chi connectivity index (χ1) is 9.04. The lowest BCUT2D eigenvalue weighted by atomic mass is 10.1. The minimum atomic E-state index is -0.793. The molecular weight excluding hydrogens is 312 g/mol. The molecule has 0 radical (unpaired) electrons. The van der Waals surface area contributed by atoms with Crippen molar-refractivity contribution < 1.29 is 9.26 Å². The van der Waals surface area contributed by atoms with Crippen molar-refractivity contribution in [3.05, 3.63) is 28.6 Å². The van der Waals surface area contributed by atoms with Crippen LogP contribution in [0.15, 0.2) is 27.3 Å². The number of pyridine rings is 1. The second-order valence-electron chi connectivity index (χ2n) is 4.31. The van der Waals surface area contributed by atoms with Gasteiger partial charge in [-0.05, 0) is 41.9 Å². The number of nitrogens with two attached hydrogens (primary N) is 1. The van der Waals surface area contributed by atoms with Gasteiger partial charge in [-0.1, -0.05) is 5.16 Å². The summed E-state index contributed by atoms with van der Waals surface area (Å²) in [6.45, 7) is 4.61. The first-order valence-electron chi connectivity index (χ1n) is 5.86. The molecule has 2 heterocycles. The molecule has 0 aliphatic heterocycles. The van der Waals surface area contributed by atoms with Crippen LogP contribution in [0.4, 0.5) is 0 Å². The van der Waals surface area contributed by atoms with E-state index in [1.807, 2.05) is 19.1 Å². The molecule has 2 aromatic rings. The Labute approximate surface area is 119 Å². The van der Waals surface area contributed by atoms with Gasteiger partial charge in [0.25, 0.3) is 5.89 Å². The zero-order chi connectivity index (χ0) is 13.9. The summed E-state index contributed by atoms with van der Waals surface area (Å²) in [5.41, 5.74) is 5.91. The number of rotatable bonds is 5. The molecule has 0 aromatic carbocycles. The van der Waals surface area contributed by atoms with Crippen LogP contribution < -0.4 is 5.73 Å². The highest BCUT2D eigenvalue weighted by Gasteiger charge is 2.28. The molecule has 2 N–H and O–H groups in total. The van der Waals surface area contributed by atoms with Crippen molar-refractivity contribution in [1.29, 1.82) is 0 Å². The number of ether oxygens (including phenoxy) is 1. The van der Waals surface area contributed by atoms with Gasteiger partial charge in [0.15, 0.2) is 5.82 Å². The maximum Gasteiger partial charge on any atom is 0.277 e. The van der Waals surface area contributed by atoms with Gasteiger partial charge in [0.2, 0.25) is 0 Å². The van der Waals surface area contributed by atoms with Gasteiger partial charge in [-0.25, -0.2) is 4.98 Å². The molecule has 0 bridgehead atoms. The van der Waals surface area contributed by atoms with E-state index in [-0.39, 0.29) is 0 Å². The van der Waals surface area contributed by atoms with Crippen molar-refractivity contribution in [3.8, 4) is 11.6 Å². The molecular formula is C12H15BrN4O2. The van der Waals surface area contributed by atoms with Gasteiger partial charge in [0, 0.05) is 17.3 Å². The Morgan fingerprint density at radius 3 is 3.00 bits per heavy atom. The topological polar surface area (TPSA) is 87.1 Å². The first kappa shape index (κ1) is 14.1. The number of hydrogen-bond donors (Lipinski definition) is 1. The fourth-order valence-corrected chi connectivity index (χ4v) is 1.90. The monoisotopic (exact) mass is 326 g/mol. The van der Waals surface area contributed by atoms with E-state index in [9.17, 15) is 0 Å². The van der Waals surface area contributed by atoms with Gasteiger partial charge < -0.3 is 15.0 Å². The van der Waals surface area contributed by atoms with Crippen molar-refractivity contribution in [2.45, 2.75) is 19.4 Å². The molecule has 0 saturated heterocycles. The Morgan fingerprint density at radius 2 is 2.32 bits per heavy atom. The fraction of sp³-hybridized carbons (Fsp3) is 0.417. The molecule has 1 unspecified atom stereocenters. The molecule has 102 valence electrons. The lowest BCUT2D eigenvalue weighted by Crippen LogP contribution is -2.39. The van der Waals surface area contributed by atoms with Crippen molar-refractivity contribution in [3.63, 3.8) is 0 Å². The summed E-state index contributed by atoms with van der Waals surface area (Å²) in [6, 6.07) is 3.67. The van der Waals surface area contributed by atoms with Gasteiger partial charge in [0.1, 0.15) is 11.2 Å². The van der Waals surface area contributed by atoms with Crippen LogP contribution in [0.1, 0.15) is 19.7 Å². The van der Waals surface area contributed by atoms with Crippen LogP contribution in [-0.4, -0.2) is 28.3 Å². The summed E-state index contributed by atoms with van der Waals surface area (Å²) in [4.78, 5) is 8.48. The van der Waals surface area contributed by atoms with E-state index < -0.39 is 5.54 Å². The van der Waals surface area contributed by atoms with Gasteiger partial charge in [-0.2, -0.15) is 4.98 Å². The Kier molecular flexibility index (Phi) is 4.28. The predicted molar refractivity (Wildman–Crippen MR) is 73.3 cm³/mol. The molecule has 2 rings (SSSR count). The molecule has 19 heavy (non-hydrogen) atoms. The molecule has 0 spiro atoms. The van der Waals surface area contributed by atoms with E-state index >= 15 is 0 Å². The number of nitrogens with zero attached hydrogens (tertiary/aromatic N) is 3. The maximum atomic E-state index is 6.11. The highest BCUT2D eigenvalue weighted by atomic mass is 79.9. The lowest BCUT2D eigenvalue weighted by molar-refractivity contribution is 0.0962. The van der Waals surface area contributed by atoms with Crippen LogP contribution in [0.5, 0.6) is 0 Å². The second-order valence-corrected chi connectivity index (χ2v) is 5.17. The van der Waals surface area contributed by atoms with Crippen molar-refractivity contribution >= 4 is 15.9 Å². The summed E-state index contributed by atoms with van der Waals surface area (Å²) >= 11 is 3.39. The van der Waals surface area contributed by atoms with Crippen LogP contribution in [0.3, 0.4) is 0 Å². The zero-order valence-corrected chi connectivity index (χ0v) is 12.3. The minimum absolute atomic E-state index is 0.325. The maximum absolute atomic E-state index is 6.11. The summed E-state index contributed by atoms with van der Waals surface area (Å²) in [5, 5.41) is 3.91. The van der Waals surface area contributed by atoms with E-state index in [0.717, 1.165) is 4.47 Å². The van der Waals surface area contributed by atoms with Crippen molar-refractivity contribution in [1.82, 2.24) is 15.1 Å². The van der Waals surface area contributed by atoms with Gasteiger partial charge in [-0.15, -0.1) is 0 Å². The quantitative estimate of drug-likeness (QED) is 0.905. The summed E-state index contributed by atoms with van der Waals surface area (Å²) in [6.07, 6.45) is 1.66. The van der Waals surface area contributed by atoms with E-state index in [2.05, 4.69) is 31.1 Å². The average molecular weight is 327 g/mol. The van der Waals surface area contributed by atoms with Gasteiger partial charge in [-0.3, -0.25) is 0 Å². The Hall–Kier alpha value is -1.31. The smallest absolute Gasteiger partial charge is 0.277 e. The second kappa shape index (κ2) is 5.77. The number of aromatic nitrogens is 3. The van der Waals surface area contributed by atoms with Crippen molar-refractivity contribution in [2.24, 2.45) is 5.73 Å². The summed E-state index contributed by atoms with van der Waals surface area (Å²) in [7, 11) is 0. The van der Waals surface area contributed by atoms with Gasteiger partial charge in [0.05, 0.1) is 6.61 Å². The molecule has 2 aromatic heterocycles. The normalized spacial score (nSPS) is 14.3. The largest absolute Gasteiger partial charge is 0.379 e. The van der Waals surface area contributed by atoms with Crippen molar-refractivity contribution in [2.75, 3.05) is 13.2 Å². The highest BCUT2D eigenvalue weighted by molar-refractivity contribution is 9.10. The molecule has 0 fully saturated rings. The zero-order valence-electron chi connectivity index (χ0n) is 10.8. The van der Waals surface area contributed by atoms with E-state index in [4.69, 9.17) is 15.0 Å². The predicted octanol–water partition coefficient (Wildman–Crippen LogP) is 2.10. The standard InChI is InChI=1S/C12H15BrN4O2/c1-3-18-7-12(2,14)11-16-10(19-17-11)9-8(13)5-4-6-15-9/h4-6H,3,7,14H2,1-2H3. The molecule has 0 aliphatic rings. The average Bonchev–Trinajstić information content (AvgIpc) is 2.87. The third-order valence-corrected chi connectivity index (χ3v) is 3.14. The van der Waals surface area contributed by atoms with E-state index in [0.29, 0.717) is 30.6 Å². The highest BCUT2D eigenvalue weighted by Crippen LogP contribution is 2.25. The van der Waals surface area contributed by atoms with Crippen LogP contribution in [0, 0.1) is 0 Å². The molecule has 0 aliphatic carbocycles. The molecule has 0 amide bonds. The van der Waals surface area contributed by atoms with Crippen LogP contribution >= 0.6 is 15.9 Å². The molecule has 0 saturated carbocycles. The lowest BCUT2D eigenvalue weighted by Gasteiger charge is -2.19. The summed E-state index contributed by atoms with van der Waals surface area (Å²) in [5.74, 6) is 0.726. The molecule has 6 nitrogen and oxygen atoms in total. The van der Waals surface area contributed by atoms with E-state index in [1.165, 1.54) is 0 Å².